The second-order valence-corrected chi connectivity index (χ2v) is 7.21. The van der Waals surface area contributed by atoms with Crippen LogP contribution in [-0.2, 0) is 12.8 Å². The molecular formula is C20H23N3O3. The maximum atomic E-state index is 12.7. The molecule has 1 unspecified atom stereocenters. The predicted octanol–water partition coefficient (Wildman–Crippen LogP) is 2.51. The van der Waals surface area contributed by atoms with Gasteiger partial charge in [-0.1, -0.05) is 22.9 Å². The minimum atomic E-state index is -0.0812. The fraction of sp³-hybridized carbons (Fsp3) is 0.450. The number of hydrogen-bond acceptors (Lipinski definition) is 4. The van der Waals surface area contributed by atoms with Crippen LogP contribution in [0, 0.1) is 6.92 Å². The third-order valence-corrected chi connectivity index (χ3v) is 5.28. The van der Waals surface area contributed by atoms with Gasteiger partial charge in [-0.3, -0.25) is 9.59 Å². The van der Waals surface area contributed by atoms with Gasteiger partial charge in [-0.2, -0.15) is 0 Å². The van der Waals surface area contributed by atoms with E-state index in [1.54, 1.807) is 0 Å². The second-order valence-electron chi connectivity index (χ2n) is 7.21. The molecule has 1 aliphatic heterocycles. The molecule has 26 heavy (non-hydrogen) atoms. The van der Waals surface area contributed by atoms with E-state index in [2.05, 4.69) is 10.5 Å². The Morgan fingerprint density at radius 3 is 2.65 bits per heavy atom. The van der Waals surface area contributed by atoms with Crippen LogP contribution in [0.25, 0.3) is 0 Å². The minimum absolute atomic E-state index is 0.0131. The van der Waals surface area contributed by atoms with Crippen molar-refractivity contribution in [3.8, 4) is 0 Å². The average Bonchev–Trinajstić information content (AvgIpc) is 3.31. The maximum absolute atomic E-state index is 12.7. The van der Waals surface area contributed by atoms with Gasteiger partial charge >= 0.3 is 0 Å². The average molecular weight is 353 g/mol. The topological polar surface area (TPSA) is 75.4 Å². The lowest BCUT2D eigenvalue weighted by atomic mass is 9.91. The molecule has 2 aromatic rings. The van der Waals surface area contributed by atoms with Crippen molar-refractivity contribution in [2.75, 3.05) is 13.1 Å². The summed E-state index contributed by atoms with van der Waals surface area (Å²) in [6, 6.07) is 7.52. The Balaban J connectivity index is 1.47. The zero-order valence-corrected chi connectivity index (χ0v) is 15.0. The summed E-state index contributed by atoms with van der Waals surface area (Å²) in [5.74, 6) is 0.661. The summed E-state index contributed by atoms with van der Waals surface area (Å²) >= 11 is 0. The number of fused-ring (bicyclic) bond motifs is 1. The first-order valence-corrected chi connectivity index (χ1v) is 9.26. The van der Waals surface area contributed by atoms with Crippen LogP contribution < -0.4 is 5.32 Å². The fourth-order valence-electron chi connectivity index (χ4n) is 3.74. The summed E-state index contributed by atoms with van der Waals surface area (Å²) in [4.78, 5) is 27.0. The van der Waals surface area contributed by atoms with E-state index < -0.39 is 0 Å². The number of carbonyl (C=O) groups is 2. The van der Waals surface area contributed by atoms with Crippen molar-refractivity contribution in [3.63, 3.8) is 0 Å². The van der Waals surface area contributed by atoms with Gasteiger partial charge in [0, 0.05) is 36.7 Å². The van der Waals surface area contributed by atoms with Crippen LogP contribution >= 0.6 is 0 Å². The lowest BCUT2D eigenvalue weighted by molar-refractivity contribution is 0.0781. The van der Waals surface area contributed by atoms with Gasteiger partial charge in [0.15, 0.2) is 5.69 Å². The highest BCUT2D eigenvalue weighted by Crippen LogP contribution is 2.26. The van der Waals surface area contributed by atoms with Gasteiger partial charge in [-0.25, -0.2) is 0 Å². The molecule has 1 N–H and O–H groups in total. The van der Waals surface area contributed by atoms with Gasteiger partial charge < -0.3 is 14.7 Å². The van der Waals surface area contributed by atoms with Crippen molar-refractivity contribution >= 4 is 11.8 Å². The molecule has 1 saturated heterocycles. The highest BCUT2D eigenvalue weighted by Gasteiger charge is 2.32. The lowest BCUT2D eigenvalue weighted by Gasteiger charge is -2.23. The molecule has 1 aromatic carbocycles. The Kier molecular flexibility index (Phi) is 4.49. The van der Waals surface area contributed by atoms with Crippen LogP contribution in [0.15, 0.2) is 28.8 Å². The molecule has 136 valence electrons. The van der Waals surface area contributed by atoms with Crippen LogP contribution in [0.2, 0.25) is 0 Å². The summed E-state index contributed by atoms with van der Waals surface area (Å²) in [7, 11) is 0. The van der Waals surface area contributed by atoms with Gasteiger partial charge in [0.1, 0.15) is 5.76 Å². The van der Waals surface area contributed by atoms with Crippen LogP contribution in [0.5, 0.6) is 0 Å². The molecule has 4 rings (SSSR count). The molecule has 1 aromatic heterocycles. The van der Waals surface area contributed by atoms with E-state index in [9.17, 15) is 9.59 Å². The van der Waals surface area contributed by atoms with E-state index >= 15 is 0 Å². The predicted molar refractivity (Wildman–Crippen MR) is 96.1 cm³/mol. The first kappa shape index (κ1) is 16.8. The Bertz CT molecular complexity index is 819. The molecule has 0 saturated carbocycles. The first-order chi connectivity index (χ1) is 12.6. The van der Waals surface area contributed by atoms with Gasteiger partial charge in [-0.05, 0) is 44.7 Å². The minimum Gasteiger partial charge on any atom is -0.360 e. The molecule has 2 aliphatic rings. The summed E-state index contributed by atoms with van der Waals surface area (Å²) in [6.45, 7) is 3.57. The van der Waals surface area contributed by atoms with Crippen LogP contribution in [0.4, 0.5) is 0 Å². The maximum Gasteiger partial charge on any atom is 0.276 e. The van der Waals surface area contributed by atoms with Crippen molar-refractivity contribution in [2.45, 2.75) is 45.1 Å². The van der Waals surface area contributed by atoms with E-state index in [4.69, 9.17) is 4.52 Å². The van der Waals surface area contributed by atoms with Crippen LogP contribution in [-0.4, -0.2) is 41.0 Å². The molecule has 0 radical (unpaired) electrons. The van der Waals surface area contributed by atoms with Crippen LogP contribution in [0.3, 0.4) is 0 Å². The van der Waals surface area contributed by atoms with E-state index in [-0.39, 0.29) is 17.9 Å². The van der Waals surface area contributed by atoms with Crippen LogP contribution in [0.1, 0.15) is 57.0 Å². The molecule has 6 nitrogen and oxygen atoms in total. The monoisotopic (exact) mass is 353 g/mol. The van der Waals surface area contributed by atoms with E-state index in [1.807, 2.05) is 36.1 Å². The summed E-state index contributed by atoms with van der Waals surface area (Å²) in [6.07, 6.45) is 4.15. The van der Waals surface area contributed by atoms with Gasteiger partial charge in [-0.15, -0.1) is 0 Å². The fourth-order valence-corrected chi connectivity index (χ4v) is 3.74. The molecule has 2 amide bonds. The number of aryl methyl sites for hydroxylation is 2. The number of carbonyl (C=O) groups excluding carboxylic acids is 2. The molecule has 1 fully saturated rings. The molecular weight excluding hydrogens is 330 g/mol. The van der Waals surface area contributed by atoms with E-state index in [1.165, 1.54) is 0 Å². The van der Waals surface area contributed by atoms with Gasteiger partial charge in [0.2, 0.25) is 0 Å². The number of likely N-dealkylation sites (tertiary alicyclic amines) is 1. The zero-order chi connectivity index (χ0) is 18.1. The molecule has 6 heteroatoms. The second kappa shape index (κ2) is 6.94. The number of benzene rings is 1. The number of nitrogens with one attached hydrogen (secondary N) is 1. The largest absolute Gasteiger partial charge is 0.360 e. The molecule has 1 atom stereocenters. The third kappa shape index (κ3) is 3.23. The smallest absolute Gasteiger partial charge is 0.276 e. The summed E-state index contributed by atoms with van der Waals surface area (Å²) in [5.41, 5.74) is 3.07. The van der Waals surface area contributed by atoms with Crippen molar-refractivity contribution < 1.29 is 14.1 Å². The quantitative estimate of drug-likeness (QED) is 0.920. The summed E-state index contributed by atoms with van der Waals surface area (Å²) < 4.78 is 5.41. The Labute approximate surface area is 152 Å². The highest BCUT2D eigenvalue weighted by molar-refractivity contribution is 5.95. The van der Waals surface area contributed by atoms with E-state index in [0.717, 1.165) is 49.2 Å². The Hall–Kier alpha value is -2.63. The SMILES string of the molecule is Cc1ccc(C(=O)NC2CCc3onc(C(=O)N4CCCC4)c3C2)cc1. The van der Waals surface area contributed by atoms with E-state index in [0.29, 0.717) is 24.1 Å². The number of aromatic nitrogens is 1. The van der Waals surface area contributed by atoms with Crippen molar-refractivity contribution in [3.05, 3.63) is 52.4 Å². The lowest BCUT2D eigenvalue weighted by Crippen LogP contribution is -2.39. The Morgan fingerprint density at radius 1 is 1.19 bits per heavy atom. The Morgan fingerprint density at radius 2 is 1.92 bits per heavy atom. The standard InChI is InChI=1S/C20H23N3O3/c1-13-4-6-14(7-5-13)19(24)21-15-8-9-17-16(12-15)18(22-26-17)20(25)23-10-2-3-11-23/h4-7,15H,2-3,8-12H2,1H3,(H,21,24). The first-order valence-electron chi connectivity index (χ1n) is 9.26. The summed E-state index contributed by atoms with van der Waals surface area (Å²) in [5, 5.41) is 7.13. The number of hydrogen-bond donors (Lipinski definition) is 1. The molecule has 0 bridgehead atoms. The molecule has 1 aliphatic carbocycles. The normalized spacial score (nSPS) is 19.3. The number of nitrogens with zero attached hydrogens (tertiary/aromatic N) is 2. The number of amides is 2. The molecule has 0 spiro atoms. The van der Waals surface area contributed by atoms with Gasteiger partial charge in [0.05, 0.1) is 0 Å². The number of rotatable bonds is 3. The highest BCUT2D eigenvalue weighted by atomic mass is 16.5. The van der Waals surface area contributed by atoms with Crippen molar-refractivity contribution in [1.29, 1.82) is 0 Å². The zero-order valence-electron chi connectivity index (χ0n) is 15.0. The van der Waals surface area contributed by atoms with Gasteiger partial charge in [0.25, 0.3) is 11.8 Å². The van der Waals surface area contributed by atoms with Crippen molar-refractivity contribution in [1.82, 2.24) is 15.4 Å². The van der Waals surface area contributed by atoms with Crippen molar-refractivity contribution in [2.24, 2.45) is 0 Å². The third-order valence-electron chi connectivity index (χ3n) is 5.28. The molecule has 2 heterocycles.